The number of carbonyl (C=O) groups is 1. The van der Waals surface area contributed by atoms with E-state index in [1.807, 2.05) is 13.8 Å². The minimum atomic E-state index is -3.46. The molecular weight excluding hydrogens is 316 g/mol. The number of hydrogen-bond acceptors (Lipinski definition) is 5. The van der Waals surface area contributed by atoms with Crippen molar-refractivity contribution in [1.82, 2.24) is 9.62 Å². The second-order valence-corrected chi connectivity index (χ2v) is 10.2. The van der Waals surface area contributed by atoms with E-state index >= 15 is 0 Å². The molecule has 1 unspecified atom stereocenters. The van der Waals surface area contributed by atoms with Gasteiger partial charge in [0, 0.05) is 12.6 Å². The summed E-state index contributed by atoms with van der Waals surface area (Å²) in [5.41, 5.74) is 0. The summed E-state index contributed by atoms with van der Waals surface area (Å²) in [6.45, 7) is 3.98. The second kappa shape index (κ2) is 7.06. The highest BCUT2D eigenvalue weighted by atomic mass is 32.2. The summed E-state index contributed by atoms with van der Waals surface area (Å²) < 4.78 is 47.1. The Hall–Kier alpha value is -0.670. The van der Waals surface area contributed by atoms with Crippen LogP contribution in [-0.2, 0) is 24.7 Å². The molecule has 1 heterocycles. The van der Waals surface area contributed by atoms with Gasteiger partial charge in [0.2, 0.25) is 15.9 Å². The van der Waals surface area contributed by atoms with Gasteiger partial charge in [0.25, 0.3) is 0 Å². The van der Waals surface area contributed by atoms with Crippen molar-refractivity contribution >= 4 is 25.8 Å². The lowest BCUT2D eigenvalue weighted by Gasteiger charge is -2.21. The molecule has 1 N–H and O–H groups in total. The lowest BCUT2D eigenvalue weighted by molar-refractivity contribution is -0.121. The maximum Gasteiger partial charge on any atom is 0.235 e. The van der Waals surface area contributed by atoms with Crippen molar-refractivity contribution in [2.45, 2.75) is 32.7 Å². The van der Waals surface area contributed by atoms with Gasteiger partial charge in [-0.25, -0.2) is 16.8 Å². The minimum absolute atomic E-state index is 0.0659. The van der Waals surface area contributed by atoms with Gasteiger partial charge in [0.05, 0.1) is 24.3 Å². The summed E-state index contributed by atoms with van der Waals surface area (Å²) in [6.07, 6.45) is 2.12. The maximum atomic E-state index is 11.9. The number of sulfone groups is 1. The zero-order valence-corrected chi connectivity index (χ0v) is 14.3. The first-order valence-electron chi connectivity index (χ1n) is 6.94. The molecule has 7 nitrogen and oxygen atoms in total. The molecule has 1 atom stereocenters. The quantitative estimate of drug-likeness (QED) is 0.679. The molecule has 0 aromatic rings. The van der Waals surface area contributed by atoms with E-state index in [-0.39, 0.29) is 24.6 Å². The Morgan fingerprint density at radius 2 is 2.00 bits per heavy atom. The standard InChI is InChI=1S/C12H24N2O5S2/c1-10(2)4-6-14(20(3,16)17)8-12(15)13-11-5-7-21(18,19)9-11/h10-11H,4-9H2,1-3H3,(H,13,15). The highest BCUT2D eigenvalue weighted by Crippen LogP contribution is 2.11. The number of nitrogens with one attached hydrogen (secondary N) is 1. The molecule has 0 radical (unpaired) electrons. The van der Waals surface area contributed by atoms with E-state index < -0.39 is 31.8 Å². The van der Waals surface area contributed by atoms with Crippen molar-refractivity contribution in [1.29, 1.82) is 0 Å². The van der Waals surface area contributed by atoms with Crippen molar-refractivity contribution in [3.63, 3.8) is 0 Å². The third-order valence-corrected chi connectivity index (χ3v) is 6.36. The van der Waals surface area contributed by atoms with Crippen LogP contribution in [0.4, 0.5) is 0 Å². The van der Waals surface area contributed by atoms with E-state index in [0.717, 1.165) is 10.6 Å². The van der Waals surface area contributed by atoms with Crippen LogP contribution in [0.5, 0.6) is 0 Å². The molecule has 1 saturated heterocycles. The number of nitrogens with zero attached hydrogens (tertiary/aromatic N) is 1. The van der Waals surface area contributed by atoms with Gasteiger partial charge >= 0.3 is 0 Å². The Balaban J connectivity index is 2.56. The maximum absolute atomic E-state index is 11.9. The summed E-state index contributed by atoms with van der Waals surface area (Å²) in [7, 11) is -6.52. The van der Waals surface area contributed by atoms with Crippen LogP contribution >= 0.6 is 0 Å². The van der Waals surface area contributed by atoms with E-state index in [1.165, 1.54) is 0 Å². The number of hydrogen-bond donors (Lipinski definition) is 1. The zero-order chi connectivity index (χ0) is 16.3. The lowest BCUT2D eigenvalue weighted by Crippen LogP contribution is -2.44. The predicted molar refractivity (Wildman–Crippen MR) is 81.1 cm³/mol. The highest BCUT2D eigenvalue weighted by Gasteiger charge is 2.30. The van der Waals surface area contributed by atoms with Crippen molar-refractivity contribution in [3.8, 4) is 0 Å². The third-order valence-electron chi connectivity index (χ3n) is 3.34. The van der Waals surface area contributed by atoms with Crippen LogP contribution in [0.25, 0.3) is 0 Å². The van der Waals surface area contributed by atoms with E-state index in [4.69, 9.17) is 0 Å². The number of carbonyl (C=O) groups excluding carboxylic acids is 1. The fourth-order valence-electron chi connectivity index (χ4n) is 2.11. The van der Waals surface area contributed by atoms with E-state index in [9.17, 15) is 21.6 Å². The van der Waals surface area contributed by atoms with Crippen LogP contribution < -0.4 is 5.32 Å². The SMILES string of the molecule is CC(C)CCN(CC(=O)NC1CCS(=O)(=O)C1)S(C)(=O)=O. The summed E-state index contributed by atoms with van der Waals surface area (Å²) in [6, 6.07) is -0.408. The molecule has 1 rings (SSSR count). The van der Waals surface area contributed by atoms with Crippen molar-refractivity contribution < 1.29 is 21.6 Å². The minimum Gasteiger partial charge on any atom is -0.351 e. The largest absolute Gasteiger partial charge is 0.351 e. The molecule has 21 heavy (non-hydrogen) atoms. The molecule has 0 aromatic carbocycles. The predicted octanol–water partition coefficient (Wildman–Crippen LogP) is -0.403. The molecule has 1 aliphatic rings. The lowest BCUT2D eigenvalue weighted by atomic mass is 10.1. The Kier molecular flexibility index (Phi) is 6.18. The average Bonchev–Trinajstić information content (AvgIpc) is 2.62. The van der Waals surface area contributed by atoms with Crippen LogP contribution in [0.2, 0.25) is 0 Å². The monoisotopic (exact) mass is 340 g/mol. The molecule has 1 amide bonds. The van der Waals surface area contributed by atoms with Gasteiger partial charge in [-0.3, -0.25) is 4.79 Å². The Bertz CT molecular complexity index is 568. The number of rotatable bonds is 7. The first-order valence-corrected chi connectivity index (χ1v) is 10.6. The fraction of sp³-hybridized carbons (Fsp3) is 0.917. The van der Waals surface area contributed by atoms with Crippen LogP contribution in [0.3, 0.4) is 0 Å². The molecule has 0 bridgehead atoms. The van der Waals surface area contributed by atoms with Crippen molar-refractivity contribution in [2.24, 2.45) is 5.92 Å². The van der Waals surface area contributed by atoms with E-state index in [1.54, 1.807) is 0 Å². The van der Waals surface area contributed by atoms with Crippen molar-refractivity contribution in [2.75, 3.05) is 30.9 Å². The average molecular weight is 340 g/mol. The van der Waals surface area contributed by atoms with Gasteiger partial charge < -0.3 is 5.32 Å². The summed E-state index contributed by atoms with van der Waals surface area (Å²) in [5.74, 6) is -0.117. The zero-order valence-electron chi connectivity index (χ0n) is 12.7. The third kappa shape index (κ3) is 6.75. The van der Waals surface area contributed by atoms with E-state index in [0.29, 0.717) is 18.8 Å². The molecule has 9 heteroatoms. The normalized spacial score (nSPS) is 21.9. The van der Waals surface area contributed by atoms with Crippen LogP contribution in [0.15, 0.2) is 0 Å². The molecule has 1 fully saturated rings. The number of amides is 1. The summed E-state index contributed by atoms with van der Waals surface area (Å²) in [4.78, 5) is 11.9. The topological polar surface area (TPSA) is 101 Å². The Morgan fingerprint density at radius 3 is 2.43 bits per heavy atom. The summed E-state index contributed by atoms with van der Waals surface area (Å²) >= 11 is 0. The molecule has 0 aromatic heterocycles. The highest BCUT2D eigenvalue weighted by molar-refractivity contribution is 7.91. The van der Waals surface area contributed by atoms with Gasteiger partial charge in [-0.05, 0) is 18.8 Å². The smallest absolute Gasteiger partial charge is 0.235 e. The van der Waals surface area contributed by atoms with Gasteiger partial charge in [0.1, 0.15) is 0 Å². The first kappa shape index (κ1) is 18.4. The van der Waals surface area contributed by atoms with Gasteiger partial charge in [-0.2, -0.15) is 4.31 Å². The van der Waals surface area contributed by atoms with Gasteiger partial charge in [-0.1, -0.05) is 13.8 Å². The summed E-state index contributed by atoms with van der Waals surface area (Å²) in [5, 5.41) is 2.60. The Labute approximate surface area is 127 Å². The molecule has 124 valence electrons. The molecule has 0 spiro atoms. The fourth-order valence-corrected chi connectivity index (χ4v) is 4.57. The molecule has 1 aliphatic heterocycles. The molecule has 0 saturated carbocycles. The van der Waals surface area contributed by atoms with Gasteiger partial charge in [0.15, 0.2) is 9.84 Å². The van der Waals surface area contributed by atoms with Gasteiger partial charge in [-0.15, -0.1) is 0 Å². The van der Waals surface area contributed by atoms with Crippen LogP contribution in [0.1, 0.15) is 26.7 Å². The first-order chi connectivity index (χ1) is 9.49. The second-order valence-electron chi connectivity index (χ2n) is 5.95. The van der Waals surface area contributed by atoms with Crippen molar-refractivity contribution in [3.05, 3.63) is 0 Å². The van der Waals surface area contributed by atoms with E-state index in [2.05, 4.69) is 5.32 Å². The Morgan fingerprint density at radius 1 is 1.38 bits per heavy atom. The number of sulfonamides is 1. The molecule has 0 aliphatic carbocycles. The van der Waals surface area contributed by atoms with Crippen LogP contribution in [-0.4, -0.2) is 63.9 Å². The molecular formula is C12H24N2O5S2. The van der Waals surface area contributed by atoms with Crippen LogP contribution in [0, 0.1) is 5.92 Å².